The molecule has 0 spiro atoms. The van der Waals surface area contributed by atoms with E-state index in [0.717, 1.165) is 17.3 Å². The summed E-state index contributed by atoms with van der Waals surface area (Å²) >= 11 is 3.59. The first-order valence-electron chi connectivity index (χ1n) is 5.65. The fourth-order valence-electron chi connectivity index (χ4n) is 1.90. The van der Waals surface area contributed by atoms with Crippen LogP contribution in [0.5, 0.6) is 0 Å². The second-order valence-electron chi connectivity index (χ2n) is 4.20. The Morgan fingerprint density at radius 3 is 2.50 bits per heavy atom. The Morgan fingerprint density at radius 1 is 1.38 bits per heavy atom. The second kappa shape index (κ2) is 6.38. The largest absolute Gasteiger partial charge is 0.396 e. The summed E-state index contributed by atoms with van der Waals surface area (Å²) in [6.45, 7) is 2.37. The number of aryl methyl sites for hydroxylation is 1. The van der Waals surface area contributed by atoms with Crippen molar-refractivity contribution in [3.05, 3.63) is 33.8 Å². The topological polar surface area (TPSA) is 23.5 Å². The van der Waals surface area contributed by atoms with Crippen LogP contribution >= 0.6 is 15.9 Å². The molecule has 1 N–H and O–H groups in total. The highest BCUT2D eigenvalue weighted by molar-refractivity contribution is 9.10. The van der Waals surface area contributed by atoms with Gasteiger partial charge in [0.2, 0.25) is 0 Å². The van der Waals surface area contributed by atoms with E-state index in [4.69, 9.17) is 5.11 Å². The molecule has 0 aromatic heterocycles. The predicted octanol–water partition coefficient (Wildman–Crippen LogP) is 3.00. The van der Waals surface area contributed by atoms with Gasteiger partial charge in [0.05, 0.1) is 0 Å². The first-order chi connectivity index (χ1) is 7.60. The van der Waals surface area contributed by atoms with E-state index in [1.807, 2.05) is 14.1 Å². The Hall–Kier alpha value is -0.380. The Bertz CT molecular complexity index is 339. The SMILES string of the molecule is CCc1ccc(C(CCO)N(C)C)cc1Br. The molecule has 16 heavy (non-hydrogen) atoms. The average Bonchev–Trinajstić information content (AvgIpc) is 2.25. The molecule has 0 radical (unpaired) electrons. The van der Waals surface area contributed by atoms with Crippen LogP contribution in [0.3, 0.4) is 0 Å². The second-order valence-corrected chi connectivity index (χ2v) is 5.05. The highest BCUT2D eigenvalue weighted by Crippen LogP contribution is 2.27. The lowest BCUT2D eigenvalue weighted by molar-refractivity contribution is 0.211. The third-order valence-corrected chi connectivity index (χ3v) is 3.61. The molecule has 0 aliphatic carbocycles. The fourth-order valence-corrected chi connectivity index (χ4v) is 2.58. The summed E-state index contributed by atoms with van der Waals surface area (Å²) in [6, 6.07) is 6.77. The van der Waals surface area contributed by atoms with E-state index in [9.17, 15) is 0 Å². The Labute approximate surface area is 106 Å². The summed E-state index contributed by atoms with van der Waals surface area (Å²) < 4.78 is 1.16. The van der Waals surface area contributed by atoms with E-state index >= 15 is 0 Å². The highest BCUT2D eigenvalue weighted by atomic mass is 79.9. The number of aliphatic hydroxyl groups excluding tert-OH is 1. The molecule has 2 nitrogen and oxygen atoms in total. The maximum Gasteiger partial charge on any atom is 0.0449 e. The van der Waals surface area contributed by atoms with Crippen molar-refractivity contribution in [1.82, 2.24) is 4.90 Å². The van der Waals surface area contributed by atoms with E-state index in [2.05, 4.69) is 46.0 Å². The third kappa shape index (κ3) is 3.30. The maximum atomic E-state index is 9.08. The molecule has 0 saturated heterocycles. The van der Waals surface area contributed by atoms with Gasteiger partial charge in [-0.15, -0.1) is 0 Å². The summed E-state index contributed by atoms with van der Waals surface area (Å²) in [5.41, 5.74) is 2.58. The minimum absolute atomic E-state index is 0.218. The summed E-state index contributed by atoms with van der Waals surface area (Å²) in [6.07, 6.45) is 1.80. The van der Waals surface area contributed by atoms with Gasteiger partial charge in [-0.3, -0.25) is 0 Å². The van der Waals surface area contributed by atoms with Crippen molar-refractivity contribution in [1.29, 1.82) is 0 Å². The van der Waals surface area contributed by atoms with Gasteiger partial charge in [0, 0.05) is 17.1 Å². The predicted molar refractivity (Wildman–Crippen MR) is 71.7 cm³/mol. The van der Waals surface area contributed by atoms with Crippen molar-refractivity contribution >= 4 is 15.9 Å². The lowest BCUT2D eigenvalue weighted by Crippen LogP contribution is -2.21. The molecule has 1 aromatic carbocycles. The van der Waals surface area contributed by atoms with Crippen molar-refractivity contribution in [2.45, 2.75) is 25.8 Å². The van der Waals surface area contributed by atoms with Gasteiger partial charge < -0.3 is 10.0 Å². The maximum absolute atomic E-state index is 9.08. The number of hydrogen-bond donors (Lipinski definition) is 1. The monoisotopic (exact) mass is 285 g/mol. The Morgan fingerprint density at radius 2 is 2.06 bits per heavy atom. The van der Waals surface area contributed by atoms with Gasteiger partial charge in [-0.25, -0.2) is 0 Å². The molecule has 1 aromatic rings. The van der Waals surface area contributed by atoms with Crippen molar-refractivity contribution < 1.29 is 5.11 Å². The van der Waals surface area contributed by atoms with Crippen LogP contribution in [0, 0.1) is 0 Å². The standard InChI is InChI=1S/C13H20BrNO/c1-4-10-5-6-11(9-12(10)14)13(7-8-16)15(2)3/h5-6,9,13,16H,4,7-8H2,1-3H3. The molecule has 0 saturated carbocycles. The third-order valence-electron chi connectivity index (χ3n) is 2.87. The number of nitrogens with zero attached hydrogens (tertiary/aromatic N) is 1. The van der Waals surface area contributed by atoms with E-state index < -0.39 is 0 Å². The van der Waals surface area contributed by atoms with Crippen LogP contribution in [-0.2, 0) is 6.42 Å². The molecule has 90 valence electrons. The lowest BCUT2D eigenvalue weighted by Gasteiger charge is -2.24. The van der Waals surface area contributed by atoms with Gasteiger partial charge >= 0.3 is 0 Å². The van der Waals surface area contributed by atoms with Gasteiger partial charge in [-0.2, -0.15) is 0 Å². The van der Waals surface area contributed by atoms with Crippen LogP contribution in [0.15, 0.2) is 22.7 Å². The van der Waals surface area contributed by atoms with Gasteiger partial charge in [-0.05, 0) is 44.1 Å². The van der Waals surface area contributed by atoms with Crippen LogP contribution in [0.2, 0.25) is 0 Å². The molecular formula is C13H20BrNO. The van der Waals surface area contributed by atoms with Crippen LogP contribution in [0.25, 0.3) is 0 Å². The number of benzene rings is 1. The van der Waals surface area contributed by atoms with Gasteiger partial charge in [0.1, 0.15) is 0 Å². The van der Waals surface area contributed by atoms with E-state index in [1.54, 1.807) is 0 Å². The first kappa shape index (κ1) is 13.7. The zero-order valence-corrected chi connectivity index (χ0v) is 11.8. The molecule has 1 rings (SSSR count). The zero-order chi connectivity index (χ0) is 12.1. The summed E-state index contributed by atoms with van der Waals surface area (Å²) in [4.78, 5) is 2.14. The number of hydrogen-bond acceptors (Lipinski definition) is 2. The molecule has 3 heteroatoms. The van der Waals surface area contributed by atoms with Crippen LogP contribution in [0.1, 0.15) is 30.5 Å². The van der Waals surface area contributed by atoms with Gasteiger partial charge in [-0.1, -0.05) is 35.0 Å². The molecule has 1 unspecified atom stereocenters. The molecule has 0 heterocycles. The van der Waals surface area contributed by atoms with Crippen LogP contribution in [-0.4, -0.2) is 30.7 Å². The highest BCUT2D eigenvalue weighted by Gasteiger charge is 2.14. The fraction of sp³-hybridized carbons (Fsp3) is 0.538. The first-order valence-corrected chi connectivity index (χ1v) is 6.45. The minimum Gasteiger partial charge on any atom is -0.396 e. The van der Waals surface area contributed by atoms with Crippen molar-refractivity contribution in [3.63, 3.8) is 0 Å². The Balaban J connectivity index is 2.97. The van der Waals surface area contributed by atoms with Gasteiger partial charge in [0.25, 0.3) is 0 Å². The lowest BCUT2D eigenvalue weighted by atomic mass is 10.0. The van der Waals surface area contributed by atoms with Crippen molar-refractivity contribution in [3.8, 4) is 0 Å². The number of rotatable bonds is 5. The van der Waals surface area contributed by atoms with Crippen LogP contribution in [0.4, 0.5) is 0 Å². The summed E-state index contributed by atoms with van der Waals surface area (Å²) in [7, 11) is 4.09. The normalized spacial score (nSPS) is 13.1. The minimum atomic E-state index is 0.218. The molecule has 0 aliphatic heterocycles. The molecule has 0 amide bonds. The number of aliphatic hydroxyl groups is 1. The average molecular weight is 286 g/mol. The van der Waals surface area contributed by atoms with Crippen molar-refractivity contribution in [2.24, 2.45) is 0 Å². The molecule has 0 bridgehead atoms. The molecular weight excluding hydrogens is 266 g/mol. The molecule has 1 atom stereocenters. The Kier molecular flexibility index (Phi) is 5.46. The quantitative estimate of drug-likeness (QED) is 0.899. The number of halogens is 1. The van der Waals surface area contributed by atoms with Gasteiger partial charge in [0.15, 0.2) is 0 Å². The molecule has 0 fully saturated rings. The zero-order valence-electron chi connectivity index (χ0n) is 10.2. The van der Waals surface area contributed by atoms with Crippen LogP contribution < -0.4 is 0 Å². The van der Waals surface area contributed by atoms with E-state index in [0.29, 0.717) is 0 Å². The summed E-state index contributed by atoms with van der Waals surface area (Å²) in [5.74, 6) is 0. The molecule has 0 aliphatic rings. The van der Waals surface area contributed by atoms with Crippen molar-refractivity contribution in [2.75, 3.05) is 20.7 Å². The summed E-state index contributed by atoms with van der Waals surface area (Å²) in [5, 5.41) is 9.08. The van der Waals surface area contributed by atoms with E-state index in [-0.39, 0.29) is 12.6 Å². The smallest absolute Gasteiger partial charge is 0.0449 e. The van der Waals surface area contributed by atoms with E-state index in [1.165, 1.54) is 11.1 Å².